The summed E-state index contributed by atoms with van der Waals surface area (Å²) >= 11 is 0. The second-order valence-corrected chi connectivity index (χ2v) is 5.20. The van der Waals surface area contributed by atoms with E-state index in [9.17, 15) is 14.7 Å². The van der Waals surface area contributed by atoms with Crippen molar-refractivity contribution < 1.29 is 24.2 Å². The number of hydrogen-bond acceptors (Lipinski definition) is 4. The smallest absolute Gasteiger partial charge is 0.329 e. The molecule has 1 rings (SSSR count). The molecule has 0 bridgehead atoms. The third kappa shape index (κ3) is 5.46. The van der Waals surface area contributed by atoms with E-state index in [2.05, 4.69) is 5.32 Å². The van der Waals surface area contributed by atoms with Crippen molar-refractivity contribution >= 4 is 11.9 Å². The van der Waals surface area contributed by atoms with Gasteiger partial charge in [0.15, 0.2) is 0 Å². The van der Waals surface area contributed by atoms with Gasteiger partial charge in [-0.15, -0.1) is 0 Å². The Morgan fingerprint density at radius 3 is 2.30 bits per heavy atom. The zero-order valence-corrected chi connectivity index (χ0v) is 12.2. The van der Waals surface area contributed by atoms with Crippen LogP contribution in [0, 0.1) is 0 Å². The van der Waals surface area contributed by atoms with E-state index in [-0.39, 0.29) is 18.9 Å². The van der Waals surface area contributed by atoms with Crippen molar-refractivity contribution in [1.29, 1.82) is 0 Å². The molecule has 0 radical (unpaired) electrons. The SMILES string of the molecule is COCCOCCC(=O)NC1(C(=O)O)CCCCCC1. The average molecular weight is 287 g/mol. The van der Waals surface area contributed by atoms with Crippen molar-refractivity contribution in [1.82, 2.24) is 5.32 Å². The minimum Gasteiger partial charge on any atom is -0.480 e. The van der Waals surface area contributed by atoms with Crippen molar-refractivity contribution in [3.05, 3.63) is 0 Å². The maximum absolute atomic E-state index is 11.9. The second-order valence-electron chi connectivity index (χ2n) is 5.20. The predicted molar refractivity (Wildman–Crippen MR) is 73.5 cm³/mol. The van der Waals surface area contributed by atoms with E-state index in [4.69, 9.17) is 9.47 Å². The van der Waals surface area contributed by atoms with Crippen LogP contribution in [0.3, 0.4) is 0 Å². The van der Waals surface area contributed by atoms with Crippen molar-refractivity contribution in [2.45, 2.75) is 50.5 Å². The Balaban J connectivity index is 2.40. The van der Waals surface area contributed by atoms with Crippen LogP contribution in [0.5, 0.6) is 0 Å². The molecule has 0 spiro atoms. The minimum atomic E-state index is -1.08. The molecule has 116 valence electrons. The number of carbonyl (C=O) groups is 2. The highest BCUT2D eigenvalue weighted by Crippen LogP contribution is 2.27. The summed E-state index contributed by atoms with van der Waals surface area (Å²) in [6.07, 6.45) is 4.96. The maximum atomic E-state index is 11.9. The van der Waals surface area contributed by atoms with E-state index in [1.165, 1.54) is 0 Å². The number of aliphatic carboxylic acids is 1. The molecule has 0 aromatic carbocycles. The number of amides is 1. The Hall–Kier alpha value is -1.14. The molecular weight excluding hydrogens is 262 g/mol. The van der Waals surface area contributed by atoms with Crippen molar-refractivity contribution in [3.8, 4) is 0 Å². The molecule has 0 unspecified atom stereocenters. The van der Waals surface area contributed by atoms with E-state index in [0.29, 0.717) is 26.1 Å². The molecule has 0 atom stereocenters. The van der Waals surface area contributed by atoms with Crippen molar-refractivity contribution in [2.75, 3.05) is 26.9 Å². The third-order valence-corrected chi connectivity index (χ3v) is 3.65. The highest BCUT2D eigenvalue weighted by molar-refractivity contribution is 5.87. The highest BCUT2D eigenvalue weighted by Gasteiger charge is 2.39. The molecule has 1 saturated carbocycles. The molecule has 0 heterocycles. The van der Waals surface area contributed by atoms with Crippen LogP contribution < -0.4 is 5.32 Å². The van der Waals surface area contributed by atoms with Gasteiger partial charge in [0, 0.05) is 13.5 Å². The molecule has 0 aromatic heterocycles. The lowest BCUT2D eigenvalue weighted by atomic mass is 9.90. The van der Waals surface area contributed by atoms with Crippen LogP contribution in [-0.4, -0.2) is 49.5 Å². The first-order valence-corrected chi connectivity index (χ1v) is 7.22. The summed E-state index contributed by atoms with van der Waals surface area (Å²) in [4.78, 5) is 23.4. The van der Waals surface area contributed by atoms with Gasteiger partial charge in [-0.1, -0.05) is 25.7 Å². The van der Waals surface area contributed by atoms with Gasteiger partial charge in [-0.05, 0) is 12.8 Å². The maximum Gasteiger partial charge on any atom is 0.329 e. The van der Waals surface area contributed by atoms with E-state index in [0.717, 1.165) is 25.7 Å². The van der Waals surface area contributed by atoms with Gasteiger partial charge in [-0.3, -0.25) is 4.79 Å². The molecule has 1 aliphatic rings. The van der Waals surface area contributed by atoms with Gasteiger partial charge in [-0.2, -0.15) is 0 Å². The molecule has 20 heavy (non-hydrogen) atoms. The number of carboxylic acids is 1. The standard InChI is InChI=1S/C14H25NO5/c1-19-10-11-20-9-6-12(16)15-14(13(17)18)7-4-2-3-5-8-14/h2-11H2,1H3,(H,15,16)(H,17,18). The summed E-state index contributed by atoms with van der Waals surface area (Å²) in [5.74, 6) is -1.18. The van der Waals surface area contributed by atoms with Crippen LogP contribution >= 0.6 is 0 Å². The lowest BCUT2D eigenvalue weighted by Crippen LogP contribution is -2.54. The number of carboxylic acid groups (broad SMARTS) is 1. The monoisotopic (exact) mass is 287 g/mol. The van der Waals surface area contributed by atoms with Gasteiger partial charge in [-0.25, -0.2) is 4.79 Å². The Labute approximate surface area is 119 Å². The molecule has 6 heteroatoms. The van der Waals surface area contributed by atoms with Crippen LogP contribution in [0.25, 0.3) is 0 Å². The number of nitrogens with one attached hydrogen (secondary N) is 1. The van der Waals surface area contributed by atoms with Gasteiger partial charge in [0.25, 0.3) is 0 Å². The molecule has 1 aliphatic carbocycles. The first-order chi connectivity index (χ1) is 9.60. The summed E-state index contributed by atoms with van der Waals surface area (Å²) in [5.41, 5.74) is -1.08. The Bertz CT molecular complexity index is 311. The molecular formula is C14H25NO5. The number of rotatable bonds is 8. The summed E-state index contributed by atoms with van der Waals surface area (Å²) in [6, 6.07) is 0. The van der Waals surface area contributed by atoms with E-state index >= 15 is 0 Å². The average Bonchev–Trinajstić information content (AvgIpc) is 2.65. The minimum absolute atomic E-state index is 0.179. The van der Waals surface area contributed by atoms with Crippen molar-refractivity contribution in [3.63, 3.8) is 0 Å². The topological polar surface area (TPSA) is 84.9 Å². The van der Waals surface area contributed by atoms with E-state index in [1.54, 1.807) is 7.11 Å². The van der Waals surface area contributed by atoms with Gasteiger partial charge in [0.05, 0.1) is 19.8 Å². The highest BCUT2D eigenvalue weighted by atomic mass is 16.5. The van der Waals surface area contributed by atoms with Gasteiger partial charge in [0.2, 0.25) is 5.91 Å². The second kappa shape index (κ2) is 8.92. The van der Waals surface area contributed by atoms with E-state index in [1.807, 2.05) is 0 Å². The summed E-state index contributed by atoms with van der Waals surface area (Å²) in [5, 5.41) is 12.2. The summed E-state index contributed by atoms with van der Waals surface area (Å²) < 4.78 is 10.0. The Morgan fingerprint density at radius 2 is 1.75 bits per heavy atom. The zero-order chi connectivity index (χ0) is 14.8. The van der Waals surface area contributed by atoms with Crippen LogP contribution in [0.2, 0.25) is 0 Å². The molecule has 0 aromatic rings. The lowest BCUT2D eigenvalue weighted by molar-refractivity contribution is -0.148. The van der Waals surface area contributed by atoms with Gasteiger partial charge in [0.1, 0.15) is 5.54 Å². The first-order valence-electron chi connectivity index (χ1n) is 7.22. The summed E-state index contributed by atoms with van der Waals surface area (Å²) in [6.45, 7) is 1.21. The Morgan fingerprint density at radius 1 is 1.10 bits per heavy atom. The van der Waals surface area contributed by atoms with E-state index < -0.39 is 11.5 Å². The van der Waals surface area contributed by atoms with Crippen LogP contribution in [0.4, 0.5) is 0 Å². The molecule has 0 saturated heterocycles. The first kappa shape index (κ1) is 16.9. The van der Waals surface area contributed by atoms with Gasteiger partial charge < -0.3 is 19.9 Å². The normalized spacial score (nSPS) is 18.2. The molecule has 2 N–H and O–H groups in total. The summed E-state index contributed by atoms with van der Waals surface area (Å²) in [7, 11) is 1.58. The molecule has 1 amide bonds. The number of carbonyl (C=O) groups excluding carboxylic acids is 1. The Kier molecular flexibility index (Phi) is 7.54. The van der Waals surface area contributed by atoms with Crippen molar-refractivity contribution in [2.24, 2.45) is 0 Å². The fourth-order valence-electron chi connectivity index (χ4n) is 2.46. The predicted octanol–water partition coefficient (Wildman–Crippen LogP) is 1.33. The third-order valence-electron chi connectivity index (χ3n) is 3.65. The van der Waals surface area contributed by atoms with Crippen LogP contribution in [0.1, 0.15) is 44.9 Å². The van der Waals surface area contributed by atoms with Crippen LogP contribution in [0.15, 0.2) is 0 Å². The fourth-order valence-corrected chi connectivity index (χ4v) is 2.46. The molecule has 0 aliphatic heterocycles. The lowest BCUT2D eigenvalue weighted by Gasteiger charge is -2.29. The largest absolute Gasteiger partial charge is 0.480 e. The van der Waals surface area contributed by atoms with Gasteiger partial charge >= 0.3 is 5.97 Å². The van der Waals surface area contributed by atoms with Crippen LogP contribution in [-0.2, 0) is 19.1 Å². The quantitative estimate of drug-likeness (QED) is 0.520. The number of hydrogen-bond donors (Lipinski definition) is 2. The number of methoxy groups -OCH3 is 1. The zero-order valence-electron chi connectivity index (χ0n) is 12.2. The number of ether oxygens (including phenoxy) is 2. The molecule has 6 nitrogen and oxygen atoms in total. The molecule has 1 fully saturated rings. The fraction of sp³-hybridized carbons (Fsp3) is 0.857.